The zero-order valence-corrected chi connectivity index (χ0v) is 14.1. The standard InChI is InChI=1S/C16H16BrClFNO/c1-3-20-16(13-8-10(18)4-7-14(13)17)12-6-5-11(21-2)9-15(12)19/h4-9,16,20H,3H2,1-2H3. The van der Waals surface area contributed by atoms with Crippen molar-refractivity contribution in [2.75, 3.05) is 13.7 Å². The van der Waals surface area contributed by atoms with Crippen LogP contribution in [0.3, 0.4) is 0 Å². The van der Waals surface area contributed by atoms with Crippen LogP contribution < -0.4 is 10.1 Å². The van der Waals surface area contributed by atoms with Crippen molar-refractivity contribution in [1.82, 2.24) is 5.32 Å². The summed E-state index contributed by atoms with van der Waals surface area (Å²) in [5.74, 6) is 0.184. The van der Waals surface area contributed by atoms with Crippen molar-refractivity contribution in [3.05, 3.63) is 62.8 Å². The van der Waals surface area contributed by atoms with Crippen LogP contribution in [0.4, 0.5) is 4.39 Å². The van der Waals surface area contributed by atoms with Gasteiger partial charge in [0.15, 0.2) is 0 Å². The van der Waals surface area contributed by atoms with Crippen molar-refractivity contribution < 1.29 is 9.13 Å². The maximum Gasteiger partial charge on any atom is 0.132 e. The molecule has 0 saturated carbocycles. The highest BCUT2D eigenvalue weighted by Crippen LogP contribution is 2.33. The van der Waals surface area contributed by atoms with Crippen LogP contribution in [0.2, 0.25) is 5.02 Å². The predicted molar refractivity (Wildman–Crippen MR) is 87.6 cm³/mol. The maximum absolute atomic E-state index is 14.4. The van der Waals surface area contributed by atoms with E-state index in [1.807, 2.05) is 19.1 Å². The number of benzene rings is 2. The fourth-order valence-electron chi connectivity index (χ4n) is 2.20. The lowest BCUT2D eigenvalue weighted by Gasteiger charge is -2.21. The summed E-state index contributed by atoms with van der Waals surface area (Å²) < 4.78 is 20.3. The largest absolute Gasteiger partial charge is 0.497 e. The van der Waals surface area contributed by atoms with Crippen LogP contribution in [0.5, 0.6) is 5.75 Å². The van der Waals surface area contributed by atoms with Crippen molar-refractivity contribution in [2.24, 2.45) is 0 Å². The quantitative estimate of drug-likeness (QED) is 0.802. The van der Waals surface area contributed by atoms with E-state index in [2.05, 4.69) is 21.2 Å². The monoisotopic (exact) mass is 371 g/mol. The molecule has 21 heavy (non-hydrogen) atoms. The van der Waals surface area contributed by atoms with Gasteiger partial charge < -0.3 is 10.1 Å². The first kappa shape index (κ1) is 16.3. The van der Waals surface area contributed by atoms with Crippen LogP contribution in [-0.4, -0.2) is 13.7 Å². The van der Waals surface area contributed by atoms with E-state index in [9.17, 15) is 4.39 Å². The molecule has 0 bridgehead atoms. The number of methoxy groups -OCH3 is 1. The third-order valence-electron chi connectivity index (χ3n) is 3.20. The van der Waals surface area contributed by atoms with Crippen molar-refractivity contribution >= 4 is 27.5 Å². The van der Waals surface area contributed by atoms with Crippen molar-refractivity contribution in [3.63, 3.8) is 0 Å². The van der Waals surface area contributed by atoms with Crippen molar-refractivity contribution in [1.29, 1.82) is 0 Å². The molecule has 0 amide bonds. The van der Waals surface area contributed by atoms with E-state index in [4.69, 9.17) is 16.3 Å². The zero-order valence-electron chi connectivity index (χ0n) is 11.8. The minimum atomic E-state index is -0.313. The summed E-state index contributed by atoms with van der Waals surface area (Å²) in [7, 11) is 1.52. The van der Waals surface area contributed by atoms with Gasteiger partial charge in [-0.05, 0) is 36.4 Å². The molecule has 2 aromatic carbocycles. The fraction of sp³-hybridized carbons (Fsp3) is 0.250. The summed E-state index contributed by atoms with van der Waals surface area (Å²) in [6, 6.07) is 10.1. The highest BCUT2D eigenvalue weighted by atomic mass is 79.9. The van der Waals surface area contributed by atoms with E-state index in [1.165, 1.54) is 13.2 Å². The van der Waals surface area contributed by atoms with Crippen LogP contribution in [0.25, 0.3) is 0 Å². The van der Waals surface area contributed by atoms with Gasteiger partial charge in [0.25, 0.3) is 0 Å². The molecule has 2 nitrogen and oxygen atoms in total. The molecule has 1 N–H and O–H groups in total. The summed E-state index contributed by atoms with van der Waals surface area (Å²) in [6.45, 7) is 2.68. The van der Waals surface area contributed by atoms with Gasteiger partial charge in [0.1, 0.15) is 11.6 Å². The lowest BCUT2D eigenvalue weighted by atomic mass is 9.98. The zero-order chi connectivity index (χ0) is 15.4. The third kappa shape index (κ3) is 3.76. The molecule has 0 fully saturated rings. The van der Waals surface area contributed by atoms with Gasteiger partial charge in [-0.1, -0.05) is 40.5 Å². The molecule has 0 aliphatic rings. The molecule has 5 heteroatoms. The first-order valence-corrected chi connectivity index (χ1v) is 7.75. The number of hydrogen-bond donors (Lipinski definition) is 1. The first-order chi connectivity index (χ1) is 10.1. The van der Waals surface area contributed by atoms with Crippen LogP contribution in [0, 0.1) is 5.82 Å². The lowest BCUT2D eigenvalue weighted by molar-refractivity contribution is 0.410. The van der Waals surface area contributed by atoms with Crippen molar-refractivity contribution in [2.45, 2.75) is 13.0 Å². The SMILES string of the molecule is CCNC(c1ccc(OC)cc1F)c1cc(Cl)ccc1Br. The van der Waals surface area contributed by atoms with Gasteiger partial charge in [-0.3, -0.25) is 0 Å². The number of rotatable bonds is 5. The summed E-state index contributed by atoms with van der Waals surface area (Å²) in [4.78, 5) is 0. The minimum absolute atomic E-state index is 0.283. The molecule has 2 rings (SSSR count). The highest BCUT2D eigenvalue weighted by molar-refractivity contribution is 9.10. The van der Waals surface area contributed by atoms with E-state index < -0.39 is 0 Å². The first-order valence-electron chi connectivity index (χ1n) is 6.58. The molecule has 0 aliphatic carbocycles. The topological polar surface area (TPSA) is 21.3 Å². The molecule has 1 atom stereocenters. The minimum Gasteiger partial charge on any atom is -0.497 e. The van der Waals surface area contributed by atoms with Crippen LogP contribution in [-0.2, 0) is 0 Å². The Morgan fingerprint density at radius 1 is 1.24 bits per heavy atom. The summed E-state index contributed by atoms with van der Waals surface area (Å²) in [5, 5.41) is 3.91. The van der Waals surface area contributed by atoms with Gasteiger partial charge in [-0.15, -0.1) is 0 Å². The number of nitrogens with one attached hydrogen (secondary N) is 1. The van der Waals surface area contributed by atoms with E-state index in [0.29, 0.717) is 22.9 Å². The molecule has 0 aromatic heterocycles. The Hall–Kier alpha value is -1.10. The highest BCUT2D eigenvalue weighted by Gasteiger charge is 2.20. The number of hydrogen-bond acceptors (Lipinski definition) is 2. The van der Waals surface area contributed by atoms with E-state index in [0.717, 1.165) is 10.0 Å². The molecule has 1 unspecified atom stereocenters. The molecule has 0 spiro atoms. The Morgan fingerprint density at radius 3 is 2.62 bits per heavy atom. The molecule has 0 saturated heterocycles. The Bertz CT molecular complexity index is 636. The van der Waals surface area contributed by atoms with E-state index in [-0.39, 0.29) is 11.9 Å². The molecule has 112 valence electrons. The van der Waals surface area contributed by atoms with E-state index >= 15 is 0 Å². The lowest BCUT2D eigenvalue weighted by Crippen LogP contribution is -2.23. The number of halogens is 3. The van der Waals surface area contributed by atoms with Crippen LogP contribution >= 0.6 is 27.5 Å². The molecular weight excluding hydrogens is 357 g/mol. The molecule has 0 heterocycles. The Morgan fingerprint density at radius 2 is 2.00 bits per heavy atom. The van der Waals surface area contributed by atoms with E-state index in [1.54, 1.807) is 18.2 Å². The normalized spacial score (nSPS) is 12.2. The summed E-state index contributed by atoms with van der Waals surface area (Å²) in [5.41, 5.74) is 1.45. The van der Waals surface area contributed by atoms with Gasteiger partial charge in [-0.25, -0.2) is 4.39 Å². The van der Waals surface area contributed by atoms with Crippen LogP contribution in [0.15, 0.2) is 40.9 Å². The smallest absolute Gasteiger partial charge is 0.132 e. The van der Waals surface area contributed by atoms with Gasteiger partial charge in [-0.2, -0.15) is 0 Å². The summed E-state index contributed by atoms with van der Waals surface area (Å²) >= 11 is 9.58. The predicted octanol–water partition coefficient (Wildman–Crippen LogP) is 4.95. The molecule has 0 radical (unpaired) electrons. The second-order valence-electron chi connectivity index (χ2n) is 4.54. The Labute approximate surface area is 137 Å². The maximum atomic E-state index is 14.4. The second kappa shape index (κ2) is 7.25. The summed E-state index contributed by atoms with van der Waals surface area (Å²) in [6.07, 6.45) is 0. The Balaban J connectivity index is 2.50. The van der Waals surface area contributed by atoms with Crippen LogP contribution in [0.1, 0.15) is 24.1 Å². The molecule has 2 aromatic rings. The fourth-order valence-corrected chi connectivity index (χ4v) is 2.85. The van der Waals surface area contributed by atoms with Gasteiger partial charge in [0.05, 0.1) is 13.2 Å². The van der Waals surface area contributed by atoms with Gasteiger partial charge in [0, 0.05) is 21.1 Å². The van der Waals surface area contributed by atoms with Gasteiger partial charge >= 0.3 is 0 Å². The second-order valence-corrected chi connectivity index (χ2v) is 5.83. The average Bonchev–Trinajstić information content (AvgIpc) is 2.48. The van der Waals surface area contributed by atoms with Crippen molar-refractivity contribution in [3.8, 4) is 5.75 Å². The third-order valence-corrected chi connectivity index (χ3v) is 4.15. The average molecular weight is 373 g/mol. The molecule has 0 aliphatic heterocycles. The van der Waals surface area contributed by atoms with Gasteiger partial charge in [0.2, 0.25) is 0 Å². The molecular formula is C16H16BrClFNO. The Kier molecular flexibility index (Phi) is 5.62. The number of ether oxygens (including phenoxy) is 1.